The number of amides is 2. The van der Waals surface area contributed by atoms with Crippen LogP contribution in [0, 0.1) is 11.3 Å². The Bertz CT molecular complexity index is 1080. The lowest BCUT2D eigenvalue weighted by atomic mass is 10.0. The smallest absolute Gasteiger partial charge is 0.320 e. The van der Waals surface area contributed by atoms with Crippen LogP contribution in [0.25, 0.3) is 0 Å². The lowest BCUT2D eigenvalue weighted by Gasteiger charge is -2.34. The Labute approximate surface area is 194 Å². The lowest BCUT2D eigenvalue weighted by Crippen LogP contribution is -2.49. The van der Waals surface area contributed by atoms with Gasteiger partial charge in [0.05, 0.1) is 36.2 Å². The summed E-state index contributed by atoms with van der Waals surface area (Å²) in [6, 6.07) is 18.1. The van der Waals surface area contributed by atoms with E-state index in [1.807, 2.05) is 47.5 Å². The summed E-state index contributed by atoms with van der Waals surface area (Å²) in [5.41, 5.74) is 4.72. The first kappa shape index (κ1) is 23.2. The molecule has 1 aromatic heterocycles. The molecule has 4 rings (SSSR count). The third-order valence-corrected chi connectivity index (χ3v) is 5.61. The van der Waals surface area contributed by atoms with Crippen LogP contribution in [0.15, 0.2) is 61.1 Å². The van der Waals surface area contributed by atoms with Gasteiger partial charge in [-0.05, 0) is 35.7 Å². The number of fused-ring (bicyclic) bond motifs is 1. The normalized spacial score (nSPS) is 15.2. The summed E-state index contributed by atoms with van der Waals surface area (Å²) in [6.45, 7) is 1.74. The number of nitrogens with one attached hydrogen (secondary N) is 1. The molecule has 1 unspecified atom stereocenters. The minimum absolute atomic E-state index is 0. The van der Waals surface area contributed by atoms with Crippen molar-refractivity contribution in [2.45, 2.75) is 25.6 Å². The third kappa shape index (κ3) is 5.04. The number of rotatable bonds is 4. The van der Waals surface area contributed by atoms with Crippen LogP contribution in [0.5, 0.6) is 0 Å². The molecule has 0 aliphatic carbocycles. The molecule has 0 bridgehead atoms. The number of benzene rings is 2. The van der Waals surface area contributed by atoms with E-state index in [0.29, 0.717) is 25.2 Å². The molecular weight excluding hydrogens is 424 g/mol. The Kier molecular flexibility index (Phi) is 7.39. The molecule has 166 valence electrons. The van der Waals surface area contributed by atoms with Gasteiger partial charge < -0.3 is 19.7 Å². The first-order chi connectivity index (χ1) is 15.0. The first-order valence-corrected chi connectivity index (χ1v) is 10.3. The van der Waals surface area contributed by atoms with Crippen LogP contribution >= 0.6 is 12.4 Å². The summed E-state index contributed by atoms with van der Waals surface area (Å²) in [5.74, 6) is 0. The monoisotopic (exact) mass is 450 g/mol. The van der Waals surface area contributed by atoms with Crippen LogP contribution in [0.1, 0.15) is 22.4 Å². The molecule has 2 heterocycles. The molecular formula is C24H27ClN6O. The van der Waals surface area contributed by atoms with Crippen LogP contribution < -0.4 is 4.90 Å². The van der Waals surface area contributed by atoms with E-state index in [-0.39, 0.29) is 24.5 Å². The van der Waals surface area contributed by atoms with Gasteiger partial charge in [0.2, 0.25) is 0 Å². The second-order valence-corrected chi connectivity index (χ2v) is 8.04. The van der Waals surface area contributed by atoms with E-state index in [1.165, 1.54) is 5.56 Å². The fourth-order valence-corrected chi connectivity index (χ4v) is 4.12. The van der Waals surface area contributed by atoms with Crippen molar-refractivity contribution < 1.29 is 4.79 Å². The van der Waals surface area contributed by atoms with Gasteiger partial charge in [-0.1, -0.05) is 30.3 Å². The van der Waals surface area contributed by atoms with Crippen LogP contribution in [0.3, 0.4) is 0 Å². The van der Waals surface area contributed by atoms with E-state index in [0.717, 1.165) is 23.4 Å². The van der Waals surface area contributed by atoms with Crippen molar-refractivity contribution in [2.75, 3.05) is 25.5 Å². The highest BCUT2D eigenvalue weighted by Gasteiger charge is 2.32. The van der Waals surface area contributed by atoms with E-state index >= 15 is 0 Å². The van der Waals surface area contributed by atoms with Crippen molar-refractivity contribution >= 4 is 24.1 Å². The number of anilines is 1. The number of aromatic amines is 1. The van der Waals surface area contributed by atoms with Crippen molar-refractivity contribution in [3.8, 4) is 6.07 Å². The zero-order valence-corrected chi connectivity index (χ0v) is 19.0. The summed E-state index contributed by atoms with van der Waals surface area (Å²) >= 11 is 0. The van der Waals surface area contributed by atoms with E-state index < -0.39 is 0 Å². The summed E-state index contributed by atoms with van der Waals surface area (Å²) in [6.07, 6.45) is 4.32. The molecule has 32 heavy (non-hydrogen) atoms. The van der Waals surface area contributed by atoms with Crippen molar-refractivity contribution in [3.63, 3.8) is 0 Å². The molecule has 1 aliphatic rings. The summed E-state index contributed by atoms with van der Waals surface area (Å²) in [4.78, 5) is 26.4. The average molecular weight is 451 g/mol. The molecule has 2 amide bonds. The first-order valence-electron chi connectivity index (χ1n) is 10.3. The number of carbonyl (C=O) groups is 1. The van der Waals surface area contributed by atoms with Crippen LogP contribution in [0.4, 0.5) is 10.5 Å². The molecule has 1 atom stereocenters. The number of carbonyl (C=O) groups excluding carboxylic acids is 1. The molecule has 8 heteroatoms. The second-order valence-electron chi connectivity index (χ2n) is 8.04. The van der Waals surface area contributed by atoms with E-state index in [9.17, 15) is 10.1 Å². The molecule has 1 aliphatic heterocycles. The Balaban J connectivity index is 0.00000289. The minimum atomic E-state index is -0.0332. The van der Waals surface area contributed by atoms with Crippen molar-refractivity contribution in [2.24, 2.45) is 0 Å². The van der Waals surface area contributed by atoms with E-state index in [2.05, 4.69) is 33.1 Å². The molecule has 0 fully saturated rings. The highest BCUT2D eigenvalue weighted by atomic mass is 35.5. The zero-order chi connectivity index (χ0) is 21.8. The van der Waals surface area contributed by atoms with Gasteiger partial charge in [-0.3, -0.25) is 0 Å². The fourth-order valence-electron chi connectivity index (χ4n) is 4.12. The SMILES string of the molecule is CN(C)C(=O)N1Cc2cc(C#N)ccc2N(Cc2c[nH]cn2)CC1Cc1ccccc1.Cl. The van der Waals surface area contributed by atoms with Gasteiger partial charge >= 0.3 is 6.03 Å². The molecule has 7 nitrogen and oxygen atoms in total. The molecule has 0 saturated carbocycles. The molecule has 2 aromatic carbocycles. The van der Waals surface area contributed by atoms with Gasteiger partial charge in [0.25, 0.3) is 0 Å². The quantitative estimate of drug-likeness (QED) is 0.655. The Morgan fingerprint density at radius 2 is 2.03 bits per heavy atom. The number of H-pyrrole nitrogens is 1. The average Bonchev–Trinajstić information content (AvgIpc) is 3.24. The number of nitrogens with zero attached hydrogens (tertiary/aromatic N) is 5. The number of halogens is 1. The van der Waals surface area contributed by atoms with Crippen molar-refractivity contribution in [3.05, 3.63) is 83.4 Å². The second kappa shape index (κ2) is 10.2. The molecule has 1 N–H and O–H groups in total. The fraction of sp³-hybridized carbons (Fsp3) is 0.292. The molecule has 3 aromatic rings. The number of nitriles is 1. The van der Waals surface area contributed by atoms with E-state index in [4.69, 9.17) is 0 Å². The number of aromatic nitrogens is 2. The maximum Gasteiger partial charge on any atom is 0.320 e. The molecule has 0 spiro atoms. The maximum absolute atomic E-state index is 13.2. The highest BCUT2D eigenvalue weighted by molar-refractivity contribution is 5.85. The predicted molar refractivity (Wildman–Crippen MR) is 127 cm³/mol. The number of imidazole rings is 1. The minimum Gasteiger partial charge on any atom is -0.363 e. The zero-order valence-electron chi connectivity index (χ0n) is 18.2. The van der Waals surface area contributed by atoms with Crippen molar-refractivity contribution in [1.82, 2.24) is 19.8 Å². The number of urea groups is 1. The largest absolute Gasteiger partial charge is 0.363 e. The van der Waals surface area contributed by atoms with Gasteiger partial charge in [0.1, 0.15) is 0 Å². The maximum atomic E-state index is 13.2. The van der Waals surface area contributed by atoms with Gasteiger partial charge in [0, 0.05) is 39.1 Å². The van der Waals surface area contributed by atoms with Crippen LogP contribution in [0.2, 0.25) is 0 Å². The van der Waals surface area contributed by atoms with Crippen LogP contribution in [-0.2, 0) is 19.5 Å². The summed E-state index contributed by atoms with van der Waals surface area (Å²) in [5, 5.41) is 9.43. The number of hydrogen-bond acceptors (Lipinski definition) is 4. The molecule has 0 radical (unpaired) electrons. The van der Waals surface area contributed by atoms with Crippen molar-refractivity contribution in [1.29, 1.82) is 5.26 Å². The van der Waals surface area contributed by atoms with Gasteiger partial charge in [0.15, 0.2) is 0 Å². The Hall–Kier alpha value is -3.50. The topological polar surface area (TPSA) is 79.3 Å². The summed E-state index contributed by atoms with van der Waals surface area (Å²) in [7, 11) is 3.56. The third-order valence-electron chi connectivity index (χ3n) is 5.61. The molecule has 0 saturated heterocycles. The number of hydrogen-bond donors (Lipinski definition) is 1. The van der Waals surface area contributed by atoms with Gasteiger partial charge in [-0.2, -0.15) is 5.26 Å². The van der Waals surface area contributed by atoms with Gasteiger partial charge in [-0.15, -0.1) is 12.4 Å². The van der Waals surface area contributed by atoms with E-state index in [1.54, 1.807) is 25.3 Å². The Morgan fingerprint density at radius 1 is 1.25 bits per heavy atom. The lowest BCUT2D eigenvalue weighted by molar-refractivity contribution is 0.147. The highest BCUT2D eigenvalue weighted by Crippen LogP contribution is 2.31. The summed E-state index contributed by atoms with van der Waals surface area (Å²) < 4.78 is 0. The Morgan fingerprint density at radius 3 is 2.69 bits per heavy atom. The van der Waals surface area contributed by atoms with Gasteiger partial charge in [-0.25, -0.2) is 9.78 Å². The predicted octanol–water partition coefficient (Wildman–Crippen LogP) is 3.82. The van der Waals surface area contributed by atoms with Crippen LogP contribution in [-0.4, -0.2) is 52.5 Å². The standard InChI is InChI=1S/C24H26N6O.ClH/c1-28(2)24(31)30-14-20-10-19(12-25)8-9-23(20)29(15-21-13-26-17-27-21)16-22(30)11-18-6-4-3-5-7-18;/h3-10,13,17,22H,11,14-16H2,1-2H3,(H,26,27);1H.